The van der Waals surface area contributed by atoms with E-state index >= 15 is 0 Å². The van der Waals surface area contributed by atoms with Gasteiger partial charge < -0.3 is 0 Å². The number of aromatic nitrogens is 2. The van der Waals surface area contributed by atoms with E-state index < -0.39 is 0 Å². The molecule has 0 spiro atoms. The second-order valence-corrected chi connectivity index (χ2v) is 5.71. The Morgan fingerprint density at radius 3 is 2.58 bits per heavy atom. The van der Waals surface area contributed by atoms with Crippen LogP contribution in [0, 0.1) is 23.1 Å². The van der Waals surface area contributed by atoms with Gasteiger partial charge in [-0.15, -0.1) is 0 Å². The predicted molar refractivity (Wildman–Crippen MR) is 89.2 cm³/mol. The van der Waals surface area contributed by atoms with Gasteiger partial charge in [0.15, 0.2) is 0 Å². The summed E-state index contributed by atoms with van der Waals surface area (Å²) in [6.07, 6.45) is 0. The number of nitrogens with zero attached hydrogens (tertiary/aromatic N) is 3. The first-order chi connectivity index (χ1) is 11.5. The van der Waals surface area contributed by atoms with Gasteiger partial charge in [0.25, 0.3) is 0 Å². The van der Waals surface area contributed by atoms with Gasteiger partial charge in [0, 0.05) is 11.6 Å². The van der Waals surface area contributed by atoms with E-state index in [0.29, 0.717) is 28.2 Å². The molecule has 0 fully saturated rings. The lowest BCUT2D eigenvalue weighted by Crippen LogP contribution is -2.20. The third-order valence-electron chi connectivity index (χ3n) is 3.63. The summed E-state index contributed by atoms with van der Waals surface area (Å²) in [5, 5.41) is 11.9. The summed E-state index contributed by atoms with van der Waals surface area (Å²) in [5.74, 6) is -0.394. The monoisotopic (exact) mass is 322 g/mol. The van der Waals surface area contributed by atoms with Crippen molar-refractivity contribution in [2.75, 3.05) is 5.32 Å². The van der Waals surface area contributed by atoms with E-state index in [1.165, 1.54) is 12.1 Å². The first-order valence-electron chi connectivity index (χ1n) is 7.49. The summed E-state index contributed by atoms with van der Waals surface area (Å²) in [6, 6.07) is 13.0. The molecule has 24 heavy (non-hydrogen) atoms. The van der Waals surface area contributed by atoms with E-state index in [1.54, 1.807) is 48.7 Å². The topological polar surface area (TPSA) is 70.7 Å². The number of hydrogen-bond donors (Lipinski definition) is 1. The molecular formula is C18H15FN4O. The Morgan fingerprint density at radius 1 is 1.25 bits per heavy atom. The number of rotatable bonds is 3. The van der Waals surface area contributed by atoms with Gasteiger partial charge in [-0.2, -0.15) is 5.26 Å². The fourth-order valence-corrected chi connectivity index (χ4v) is 2.33. The zero-order valence-corrected chi connectivity index (χ0v) is 13.2. The molecule has 3 aromatic rings. The third-order valence-corrected chi connectivity index (χ3v) is 3.63. The van der Waals surface area contributed by atoms with Crippen molar-refractivity contribution >= 4 is 22.9 Å². The van der Waals surface area contributed by atoms with Crippen LogP contribution < -0.4 is 5.32 Å². The number of benzene rings is 2. The molecule has 0 aliphatic carbocycles. The zero-order valence-electron chi connectivity index (χ0n) is 13.2. The lowest BCUT2D eigenvalue weighted by Gasteiger charge is -2.11. The molecular weight excluding hydrogens is 307 g/mol. The Kier molecular flexibility index (Phi) is 4.00. The van der Waals surface area contributed by atoms with Gasteiger partial charge in [-0.3, -0.25) is 14.7 Å². The van der Waals surface area contributed by atoms with E-state index in [9.17, 15) is 9.18 Å². The molecule has 6 heteroatoms. The Hall–Kier alpha value is -3.20. The maximum Gasteiger partial charge on any atom is 0.229 e. The van der Waals surface area contributed by atoms with Gasteiger partial charge in [0.2, 0.25) is 11.9 Å². The van der Waals surface area contributed by atoms with E-state index in [1.807, 2.05) is 0 Å². The number of fused-ring (bicyclic) bond motifs is 1. The number of anilines is 1. The van der Waals surface area contributed by atoms with E-state index in [4.69, 9.17) is 5.26 Å². The fourth-order valence-electron chi connectivity index (χ4n) is 2.33. The van der Waals surface area contributed by atoms with E-state index in [-0.39, 0.29) is 17.6 Å². The van der Waals surface area contributed by atoms with Crippen molar-refractivity contribution in [3.05, 3.63) is 53.8 Å². The SMILES string of the molecule is CC(C)C(=O)Nc1nc2ccc(C#N)cc2n1-c1ccc(F)cc1. The van der Waals surface area contributed by atoms with Crippen LogP contribution in [0.2, 0.25) is 0 Å². The first kappa shape index (κ1) is 15.7. The number of amides is 1. The van der Waals surface area contributed by atoms with Crippen LogP contribution in [0.15, 0.2) is 42.5 Å². The van der Waals surface area contributed by atoms with E-state index in [2.05, 4.69) is 16.4 Å². The molecule has 0 saturated heterocycles. The second kappa shape index (κ2) is 6.13. The molecule has 1 N–H and O–H groups in total. The molecule has 0 bridgehead atoms. The summed E-state index contributed by atoms with van der Waals surface area (Å²) in [5.41, 5.74) is 2.43. The minimum atomic E-state index is -0.353. The first-order valence-corrected chi connectivity index (χ1v) is 7.49. The summed E-state index contributed by atoms with van der Waals surface area (Å²) in [6.45, 7) is 3.57. The zero-order chi connectivity index (χ0) is 17.3. The lowest BCUT2D eigenvalue weighted by molar-refractivity contribution is -0.118. The van der Waals surface area contributed by atoms with Gasteiger partial charge in [0.05, 0.1) is 22.7 Å². The quantitative estimate of drug-likeness (QED) is 0.800. The van der Waals surface area contributed by atoms with Crippen LogP contribution in [0.5, 0.6) is 0 Å². The van der Waals surface area contributed by atoms with Crippen LogP contribution in [-0.4, -0.2) is 15.5 Å². The third kappa shape index (κ3) is 2.84. The number of nitriles is 1. The molecule has 1 heterocycles. The molecule has 0 aliphatic heterocycles. The highest BCUT2D eigenvalue weighted by Crippen LogP contribution is 2.26. The average molecular weight is 322 g/mol. The molecule has 0 atom stereocenters. The standard InChI is InChI=1S/C18H15FN4O/c1-11(2)17(24)22-18-21-15-8-3-12(10-20)9-16(15)23(18)14-6-4-13(19)5-7-14/h3-9,11H,1-2H3,(H,21,22,24). The molecule has 1 aromatic heterocycles. The fraction of sp³-hybridized carbons (Fsp3) is 0.167. The molecule has 5 nitrogen and oxygen atoms in total. The Balaban J connectivity index is 2.22. The van der Waals surface area contributed by atoms with Crippen LogP contribution in [0.1, 0.15) is 19.4 Å². The maximum absolute atomic E-state index is 13.2. The normalized spacial score (nSPS) is 10.8. The molecule has 0 radical (unpaired) electrons. The van der Waals surface area contributed by atoms with Crippen LogP contribution in [-0.2, 0) is 4.79 Å². The van der Waals surface area contributed by atoms with Gasteiger partial charge in [-0.1, -0.05) is 13.8 Å². The molecule has 3 rings (SSSR count). The van der Waals surface area contributed by atoms with Crippen molar-refractivity contribution in [3.63, 3.8) is 0 Å². The van der Waals surface area contributed by atoms with Crippen molar-refractivity contribution in [1.82, 2.24) is 9.55 Å². The van der Waals surface area contributed by atoms with Crippen molar-refractivity contribution < 1.29 is 9.18 Å². The van der Waals surface area contributed by atoms with Gasteiger partial charge >= 0.3 is 0 Å². The van der Waals surface area contributed by atoms with Crippen LogP contribution >= 0.6 is 0 Å². The molecule has 2 aromatic carbocycles. The van der Waals surface area contributed by atoms with Gasteiger partial charge in [0.1, 0.15) is 5.82 Å². The molecule has 0 unspecified atom stereocenters. The number of imidazole rings is 1. The smallest absolute Gasteiger partial charge is 0.229 e. The van der Waals surface area contributed by atoms with Crippen molar-refractivity contribution in [2.45, 2.75) is 13.8 Å². The van der Waals surface area contributed by atoms with Crippen LogP contribution in [0.25, 0.3) is 16.7 Å². The highest BCUT2D eigenvalue weighted by Gasteiger charge is 2.17. The van der Waals surface area contributed by atoms with Crippen molar-refractivity contribution in [3.8, 4) is 11.8 Å². The Labute approximate surface area is 138 Å². The summed E-state index contributed by atoms with van der Waals surface area (Å²) < 4.78 is 14.9. The molecule has 1 amide bonds. The minimum Gasteiger partial charge on any atom is -0.295 e. The number of hydrogen-bond acceptors (Lipinski definition) is 3. The summed E-state index contributed by atoms with van der Waals surface area (Å²) in [7, 11) is 0. The largest absolute Gasteiger partial charge is 0.295 e. The maximum atomic E-state index is 13.2. The molecule has 0 aliphatic rings. The molecule has 120 valence electrons. The van der Waals surface area contributed by atoms with Crippen LogP contribution in [0.3, 0.4) is 0 Å². The van der Waals surface area contributed by atoms with Gasteiger partial charge in [-0.05, 0) is 42.5 Å². The number of nitrogens with one attached hydrogen (secondary N) is 1. The number of carbonyl (C=O) groups is 1. The van der Waals surface area contributed by atoms with Crippen LogP contribution in [0.4, 0.5) is 10.3 Å². The average Bonchev–Trinajstić information content (AvgIpc) is 2.92. The lowest BCUT2D eigenvalue weighted by atomic mass is 10.2. The second-order valence-electron chi connectivity index (χ2n) is 5.71. The number of halogens is 1. The summed E-state index contributed by atoms with van der Waals surface area (Å²) in [4.78, 5) is 16.5. The highest BCUT2D eigenvalue weighted by molar-refractivity contribution is 5.93. The summed E-state index contributed by atoms with van der Waals surface area (Å²) >= 11 is 0. The number of carbonyl (C=O) groups excluding carboxylic acids is 1. The Morgan fingerprint density at radius 2 is 1.96 bits per heavy atom. The highest BCUT2D eigenvalue weighted by atomic mass is 19.1. The predicted octanol–water partition coefficient (Wildman–Crippen LogP) is 3.63. The molecule has 0 saturated carbocycles. The van der Waals surface area contributed by atoms with Crippen molar-refractivity contribution in [2.24, 2.45) is 5.92 Å². The Bertz CT molecular complexity index is 952. The minimum absolute atomic E-state index is 0.172. The van der Waals surface area contributed by atoms with Crippen molar-refractivity contribution in [1.29, 1.82) is 5.26 Å². The van der Waals surface area contributed by atoms with E-state index in [0.717, 1.165) is 0 Å². The van der Waals surface area contributed by atoms with Gasteiger partial charge in [-0.25, -0.2) is 9.37 Å².